The Morgan fingerprint density at radius 1 is 1.83 bits per heavy atom. The molecule has 1 rings (SSSR count). The predicted octanol–water partition coefficient (Wildman–Crippen LogP) is 2.69. The molecular formula is C8H9BrO2S. The fourth-order valence-corrected chi connectivity index (χ4v) is 1.40. The monoisotopic (exact) mass is 248 g/mol. The molecule has 1 heterocycles. The molecule has 0 spiro atoms. The first-order chi connectivity index (χ1) is 5.70. The fraction of sp³-hybridized carbons (Fsp3) is 0.375. The van der Waals surface area contributed by atoms with Crippen molar-refractivity contribution in [3.05, 3.63) is 22.4 Å². The Morgan fingerprint density at radius 2 is 2.58 bits per heavy atom. The van der Waals surface area contributed by atoms with Crippen molar-refractivity contribution >= 4 is 33.2 Å². The van der Waals surface area contributed by atoms with E-state index in [0.29, 0.717) is 11.5 Å². The SMILES string of the molecule is CC(Br)COC(=O)c1cccs1. The lowest BCUT2D eigenvalue weighted by Gasteiger charge is -2.03. The number of thiophene rings is 1. The molecule has 0 aliphatic rings. The summed E-state index contributed by atoms with van der Waals surface area (Å²) in [5.41, 5.74) is 0. The van der Waals surface area contributed by atoms with Crippen LogP contribution in [0.5, 0.6) is 0 Å². The second kappa shape index (κ2) is 4.62. The zero-order chi connectivity index (χ0) is 8.97. The first-order valence-electron chi connectivity index (χ1n) is 3.55. The largest absolute Gasteiger partial charge is 0.460 e. The van der Waals surface area contributed by atoms with Gasteiger partial charge in [0.05, 0.1) is 0 Å². The molecule has 1 aromatic heterocycles. The molecular weight excluding hydrogens is 240 g/mol. The fourth-order valence-electron chi connectivity index (χ4n) is 0.656. The van der Waals surface area contributed by atoms with Crippen LogP contribution in [0, 0.1) is 0 Å². The molecule has 0 aromatic carbocycles. The van der Waals surface area contributed by atoms with Gasteiger partial charge in [-0.25, -0.2) is 4.79 Å². The summed E-state index contributed by atoms with van der Waals surface area (Å²) in [7, 11) is 0. The van der Waals surface area contributed by atoms with Crippen molar-refractivity contribution in [3.63, 3.8) is 0 Å². The lowest BCUT2D eigenvalue weighted by molar-refractivity contribution is 0.0517. The van der Waals surface area contributed by atoms with Crippen molar-refractivity contribution in [2.75, 3.05) is 6.61 Å². The summed E-state index contributed by atoms with van der Waals surface area (Å²) >= 11 is 4.69. The second-order valence-corrected chi connectivity index (χ2v) is 4.87. The maximum absolute atomic E-state index is 11.2. The highest BCUT2D eigenvalue weighted by atomic mass is 79.9. The quantitative estimate of drug-likeness (QED) is 0.608. The van der Waals surface area contributed by atoms with Crippen molar-refractivity contribution in [3.8, 4) is 0 Å². The molecule has 0 radical (unpaired) electrons. The Bertz CT molecular complexity index is 244. The predicted molar refractivity (Wildman–Crippen MR) is 53.0 cm³/mol. The summed E-state index contributed by atoms with van der Waals surface area (Å²) < 4.78 is 4.97. The van der Waals surface area contributed by atoms with Gasteiger partial charge < -0.3 is 4.74 Å². The third kappa shape index (κ3) is 2.95. The third-order valence-corrected chi connectivity index (χ3v) is 2.28. The van der Waals surface area contributed by atoms with Crippen molar-refractivity contribution < 1.29 is 9.53 Å². The first-order valence-corrected chi connectivity index (χ1v) is 5.34. The summed E-state index contributed by atoms with van der Waals surface area (Å²) in [6, 6.07) is 3.59. The highest BCUT2D eigenvalue weighted by Gasteiger charge is 2.08. The Balaban J connectivity index is 2.40. The van der Waals surface area contributed by atoms with Crippen LogP contribution in [0.3, 0.4) is 0 Å². The maximum Gasteiger partial charge on any atom is 0.348 e. The van der Waals surface area contributed by atoms with Crippen LogP contribution in [-0.4, -0.2) is 17.4 Å². The lowest BCUT2D eigenvalue weighted by atomic mass is 10.5. The Labute approximate surface area is 83.7 Å². The van der Waals surface area contributed by atoms with Gasteiger partial charge in [-0.2, -0.15) is 0 Å². The van der Waals surface area contributed by atoms with Gasteiger partial charge in [0.1, 0.15) is 11.5 Å². The molecule has 0 fully saturated rings. The summed E-state index contributed by atoms with van der Waals surface area (Å²) in [6.07, 6.45) is 0. The van der Waals surface area contributed by atoms with Gasteiger partial charge in [-0.15, -0.1) is 11.3 Å². The Kier molecular flexibility index (Phi) is 3.75. The van der Waals surface area contributed by atoms with Crippen LogP contribution in [0.2, 0.25) is 0 Å². The molecule has 0 bridgehead atoms. The van der Waals surface area contributed by atoms with Crippen molar-refractivity contribution in [1.29, 1.82) is 0 Å². The van der Waals surface area contributed by atoms with E-state index in [4.69, 9.17) is 4.74 Å². The van der Waals surface area contributed by atoms with Gasteiger partial charge in [-0.1, -0.05) is 22.0 Å². The van der Waals surface area contributed by atoms with Gasteiger partial charge in [0.15, 0.2) is 0 Å². The maximum atomic E-state index is 11.2. The van der Waals surface area contributed by atoms with E-state index in [2.05, 4.69) is 15.9 Å². The number of halogens is 1. The summed E-state index contributed by atoms with van der Waals surface area (Å²) in [5, 5.41) is 1.86. The first kappa shape index (κ1) is 9.74. The number of carbonyl (C=O) groups is 1. The molecule has 0 saturated carbocycles. The minimum absolute atomic E-state index is 0.210. The minimum atomic E-state index is -0.240. The van der Waals surface area contributed by atoms with Gasteiger partial charge in [0.2, 0.25) is 0 Å². The number of alkyl halides is 1. The van der Waals surface area contributed by atoms with E-state index in [1.54, 1.807) is 6.07 Å². The Hall–Kier alpha value is -0.350. The van der Waals surface area contributed by atoms with Crippen molar-refractivity contribution in [2.24, 2.45) is 0 Å². The van der Waals surface area contributed by atoms with Gasteiger partial charge in [0, 0.05) is 4.83 Å². The molecule has 2 nitrogen and oxygen atoms in total. The standard InChI is InChI=1S/C8H9BrO2S/c1-6(9)5-11-8(10)7-3-2-4-12-7/h2-4,6H,5H2,1H3. The lowest BCUT2D eigenvalue weighted by Crippen LogP contribution is -2.10. The highest BCUT2D eigenvalue weighted by Crippen LogP contribution is 2.10. The number of esters is 1. The van der Waals surface area contributed by atoms with E-state index < -0.39 is 0 Å². The van der Waals surface area contributed by atoms with Gasteiger partial charge in [0.25, 0.3) is 0 Å². The van der Waals surface area contributed by atoms with E-state index in [1.165, 1.54) is 11.3 Å². The molecule has 0 saturated heterocycles. The van der Waals surface area contributed by atoms with Crippen LogP contribution >= 0.6 is 27.3 Å². The Morgan fingerprint density at radius 3 is 3.08 bits per heavy atom. The molecule has 1 unspecified atom stereocenters. The molecule has 66 valence electrons. The highest BCUT2D eigenvalue weighted by molar-refractivity contribution is 9.09. The van der Waals surface area contributed by atoms with Crippen LogP contribution < -0.4 is 0 Å². The van der Waals surface area contributed by atoms with E-state index in [0.717, 1.165) is 0 Å². The van der Waals surface area contributed by atoms with E-state index in [-0.39, 0.29) is 10.8 Å². The molecule has 1 aromatic rings. The number of carbonyl (C=O) groups excluding carboxylic acids is 1. The summed E-state index contributed by atoms with van der Waals surface area (Å²) in [4.78, 5) is 12.0. The topological polar surface area (TPSA) is 26.3 Å². The van der Waals surface area contributed by atoms with Crippen molar-refractivity contribution in [1.82, 2.24) is 0 Å². The smallest absolute Gasteiger partial charge is 0.348 e. The summed E-state index contributed by atoms with van der Waals surface area (Å²) in [6.45, 7) is 2.35. The minimum Gasteiger partial charge on any atom is -0.460 e. The van der Waals surface area contributed by atoms with Crippen LogP contribution in [-0.2, 0) is 4.74 Å². The second-order valence-electron chi connectivity index (χ2n) is 2.36. The molecule has 4 heteroatoms. The zero-order valence-electron chi connectivity index (χ0n) is 6.62. The number of hydrogen-bond acceptors (Lipinski definition) is 3. The van der Waals surface area contributed by atoms with E-state index in [9.17, 15) is 4.79 Å². The van der Waals surface area contributed by atoms with Gasteiger partial charge >= 0.3 is 5.97 Å². The zero-order valence-corrected chi connectivity index (χ0v) is 9.02. The number of rotatable bonds is 3. The normalized spacial score (nSPS) is 12.5. The average molecular weight is 249 g/mol. The van der Waals surface area contributed by atoms with E-state index >= 15 is 0 Å². The van der Waals surface area contributed by atoms with Gasteiger partial charge in [-0.3, -0.25) is 0 Å². The van der Waals surface area contributed by atoms with Crippen LogP contribution in [0.1, 0.15) is 16.6 Å². The van der Waals surface area contributed by atoms with E-state index in [1.807, 2.05) is 18.4 Å². The average Bonchev–Trinajstić information content (AvgIpc) is 2.51. The summed E-state index contributed by atoms with van der Waals surface area (Å²) in [5.74, 6) is -0.240. The molecule has 0 aliphatic carbocycles. The molecule has 0 N–H and O–H groups in total. The molecule has 0 amide bonds. The number of hydrogen-bond donors (Lipinski definition) is 0. The molecule has 0 aliphatic heterocycles. The third-order valence-electron chi connectivity index (χ3n) is 1.17. The number of ether oxygens (including phenoxy) is 1. The van der Waals surface area contributed by atoms with Crippen molar-refractivity contribution in [2.45, 2.75) is 11.8 Å². The van der Waals surface area contributed by atoms with Crippen LogP contribution in [0.25, 0.3) is 0 Å². The molecule has 12 heavy (non-hydrogen) atoms. The molecule has 1 atom stereocenters. The van der Waals surface area contributed by atoms with Gasteiger partial charge in [-0.05, 0) is 18.4 Å². The van der Waals surface area contributed by atoms with Crippen LogP contribution in [0.15, 0.2) is 17.5 Å². The van der Waals surface area contributed by atoms with Crippen LogP contribution in [0.4, 0.5) is 0 Å².